The van der Waals surface area contributed by atoms with E-state index in [1.54, 1.807) is 22.9 Å². The molecule has 0 amide bonds. The van der Waals surface area contributed by atoms with Crippen molar-refractivity contribution >= 4 is 22.1 Å². The van der Waals surface area contributed by atoms with Crippen molar-refractivity contribution in [3.63, 3.8) is 0 Å². The van der Waals surface area contributed by atoms with Crippen molar-refractivity contribution < 1.29 is 10.1 Å². The van der Waals surface area contributed by atoms with Crippen molar-refractivity contribution in [2.24, 2.45) is 0 Å². The van der Waals surface area contributed by atoms with Crippen LogP contribution in [0.2, 0.25) is 0 Å². The average Bonchev–Trinajstić information content (AvgIpc) is 3.24. The van der Waals surface area contributed by atoms with E-state index in [0.29, 0.717) is 27.9 Å². The van der Waals surface area contributed by atoms with Crippen LogP contribution >= 0.6 is 0 Å². The zero-order chi connectivity index (χ0) is 18.6. The van der Waals surface area contributed by atoms with Crippen LogP contribution in [0.4, 0.5) is 0 Å². The number of nitrogens with zero attached hydrogens (tertiary/aromatic N) is 6. The molecule has 0 saturated carbocycles. The number of rotatable bonds is 2. The first-order chi connectivity index (χ1) is 13.2. The van der Waals surface area contributed by atoms with Crippen LogP contribution in [0.5, 0.6) is 0 Å². The maximum Gasteiger partial charge on any atom is 0.202 e. The number of benzene rings is 3. The molecule has 0 radical (unpaired) electrons. The molecule has 0 aliphatic rings. The van der Waals surface area contributed by atoms with Crippen LogP contribution in [0, 0.1) is 5.21 Å². The van der Waals surface area contributed by atoms with E-state index in [1.165, 1.54) is 0 Å². The van der Waals surface area contributed by atoms with Gasteiger partial charge in [-0.15, -0.1) is 14.6 Å². The molecule has 0 atom stereocenters. The third kappa shape index (κ3) is 3.40. The topological polar surface area (TPSA) is 95.7 Å². The Bertz CT molecular complexity index is 1180. The van der Waals surface area contributed by atoms with Gasteiger partial charge in [0.15, 0.2) is 5.52 Å². The molecule has 2 heterocycles. The molecule has 8 nitrogen and oxygen atoms in total. The van der Waals surface area contributed by atoms with Gasteiger partial charge >= 0.3 is 0 Å². The predicted molar refractivity (Wildman–Crippen MR) is 98.9 cm³/mol. The van der Waals surface area contributed by atoms with Crippen LogP contribution < -0.4 is 4.85 Å². The molecule has 27 heavy (non-hydrogen) atoms. The Morgan fingerprint density at radius 3 is 2.30 bits per heavy atom. The van der Waals surface area contributed by atoms with Gasteiger partial charge in [0.05, 0.1) is 5.21 Å². The summed E-state index contributed by atoms with van der Waals surface area (Å²) in [6.07, 6.45) is 0. The minimum Gasteiger partial charge on any atom is -0.691 e. The standard InChI is InChI=1S/C13H11N3O.C6H5N3O/c17-16-13-9-5-4-8-12(13)15(14-16)10-11-6-2-1-3-7-11;10-9-6-4-2-1-3-5(6)7-8-9/h1-9H,10H2;1-4,10H. The molecule has 5 aromatic rings. The Morgan fingerprint density at radius 1 is 0.852 bits per heavy atom. The van der Waals surface area contributed by atoms with Crippen molar-refractivity contribution in [3.8, 4) is 0 Å². The van der Waals surface area contributed by atoms with Crippen molar-refractivity contribution in [2.75, 3.05) is 0 Å². The average molecular weight is 360 g/mol. The molecule has 0 aliphatic carbocycles. The van der Waals surface area contributed by atoms with Gasteiger partial charge in [0.25, 0.3) is 0 Å². The minimum atomic E-state index is 0.600. The van der Waals surface area contributed by atoms with E-state index < -0.39 is 0 Å². The van der Waals surface area contributed by atoms with E-state index in [9.17, 15) is 5.21 Å². The SMILES string of the molecule is On1nnc2ccccc21.[O-][n+]1nn(Cc2ccccc2)c2ccccc21. The zero-order valence-electron chi connectivity index (χ0n) is 14.3. The van der Waals surface area contributed by atoms with Crippen LogP contribution in [-0.2, 0) is 6.54 Å². The second-order valence-corrected chi connectivity index (χ2v) is 5.86. The van der Waals surface area contributed by atoms with Gasteiger partial charge in [-0.1, -0.05) is 59.4 Å². The second-order valence-electron chi connectivity index (χ2n) is 5.86. The molecule has 1 N–H and O–H groups in total. The van der Waals surface area contributed by atoms with Crippen LogP contribution in [-0.4, -0.2) is 30.3 Å². The third-order valence-electron chi connectivity index (χ3n) is 4.06. The summed E-state index contributed by atoms with van der Waals surface area (Å²) < 4.78 is 1.72. The first-order valence-electron chi connectivity index (χ1n) is 8.31. The first kappa shape index (κ1) is 16.5. The fourth-order valence-corrected chi connectivity index (χ4v) is 2.77. The summed E-state index contributed by atoms with van der Waals surface area (Å²) in [6.45, 7) is 0.608. The van der Waals surface area contributed by atoms with Crippen molar-refractivity contribution in [2.45, 2.75) is 6.54 Å². The lowest BCUT2D eigenvalue weighted by Crippen LogP contribution is -2.29. The molecule has 8 heteroatoms. The second kappa shape index (κ2) is 7.12. The van der Waals surface area contributed by atoms with Crippen molar-refractivity contribution in [1.82, 2.24) is 25.1 Å². The van der Waals surface area contributed by atoms with E-state index >= 15 is 0 Å². The molecule has 0 bridgehead atoms. The van der Waals surface area contributed by atoms with Gasteiger partial charge in [0.2, 0.25) is 5.52 Å². The summed E-state index contributed by atoms with van der Waals surface area (Å²) in [5.74, 6) is 0. The van der Waals surface area contributed by atoms with Gasteiger partial charge in [-0.25, -0.2) is 0 Å². The summed E-state index contributed by atoms with van der Waals surface area (Å²) in [6, 6.07) is 24.6. The lowest BCUT2D eigenvalue weighted by molar-refractivity contribution is -0.646. The van der Waals surface area contributed by atoms with Gasteiger partial charge in [-0.2, -0.15) is 0 Å². The normalized spacial score (nSPS) is 10.7. The molecule has 0 saturated heterocycles. The molecule has 134 valence electrons. The lowest BCUT2D eigenvalue weighted by atomic mass is 10.2. The predicted octanol–water partition coefficient (Wildman–Crippen LogP) is 2.39. The molecule has 3 aromatic carbocycles. The fourth-order valence-electron chi connectivity index (χ4n) is 2.77. The molecular weight excluding hydrogens is 344 g/mol. The summed E-state index contributed by atoms with van der Waals surface area (Å²) in [5.41, 5.74) is 3.91. The number of hydrogen-bond donors (Lipinski definition) is 1. The van der Waals surface area contributed by atoms with Crippen LogP contribution in [0.15, 0.2) is 78.9 Å². The summed E-state index contributed by atoms with van der Waals surface area (Å²) >= 11 is 0. The Kier molecular flexibility index (Phi) is 4.36. The molecule has 0 unspecified atom stereocenters. The van der Waals surface area contributed by atoms with E-state index in [4.69, 9.17) is 5.21 Å². The smallest absolute Gasteiger partial charge is 0.202 e. The molecule has 0 aliphatic heterocycles. The minimum absolute atomic E-state index is 0.600. The number of hydrogen-bond acceptors (Lipinski definition) is 5. The number of fused-ring (bicyclic) bond motifs is 2. The van der Waals surface area contributed by atoms with Crippen molar-refractivity contribution in [1.29, 1.82) is 0 Å². The highest BCUT2D eigenvalue weighted by Crippen LogP contribution is 2.10. The summed E-state index contributed by atoms with van der Waals surface area (Å²) in [4.78, 5) is 1.42. The number of aromatic nitrogens is 6. The fraction of sp³-hybridized carbons (Fsp3) is 0.0526. The highest BCUT2D eigenvalue weighted by molar-refractivity contribution is 5.73. The van der Waals surface area contributed by atoms with Gasteiger partial charge < -0.3 is 10.4 Å². The maximum absolute atomic E-state index is 11.6. The molecule has 2 aromatic heterocycles. The lowest BCUT2D eigenvalue weighted by Gasteiger charge is -1.95. The molecule has 0 fully saturated rings. The van der Waals surface area contributed by atoms with Crippen molar-refractivity contribution in [3.05, 3.63) is 89.6 Å². The Labute approximate surface area is 154 Å². The summed E-state index contributed by atoms with van der Waals surface area (Å²) in [5, 5.41) is 31.6. The van der Waals surface area contributed by atoms with Crippen LogP contribution in [0.25, 0.3) is 22.1 Å². The molecule has 0 spiro atoms. The quantitative estimate of drug-likeness (QED) is 0.296. The van der Waals surface area contributed by atoms with E-state index in [2.05, 4.69) is 15.5 Å². The maximum atomic E-state index is 11.6. The van der Waals surface area contributed by atoms with Crippen LogP contribution in [0.1, 0.15) is 5.56 Å². The monoisotopic (exact) mass is 360 g/mol. The van der Waals surface area contributed by atoms with E-state index in [-0.39, 0.29) is 0 Å². The summed E-state index contributed by atoms with van der Waals surface area (Å²) in [7, 11) is 0. The van der Waals surface area contributed by atoms with Gasteiger partial charge in [-0.05, 0) is 35.0 Å². The van der Waals surface area contributed by atoms with E-state index in [0.717, 1.165) is 15.9 Å². The van der Waals surface area contributed by atoms with E-state index in [1.807, 2.05) is 60.7 Å². The Hall–Kier alpha value is -3.94. The van der Waals surface area contributed by atoms with Gasteiger partial charge in [0.1, 0.15) is 17.6 Å². The van der Waals surface area contributed by atoms with Gasteiger partial charge in [0, 0.05) is 0 Å². The highest BCUT2D eigenvalue weighted by Gasteiger charge is 2.13. The number of para-hydroxylation sites is 3. The zero-order valence-corrected chi connectivity index (χ0v) is 14.3. The highest BCUT2D eigenvalue weighted by atomic mass is 16.5. The first-order valence-corrected chi connectivity index (χ1v) is 8.31. The largest absolute Gasteiger partial charge is 0.691 e. The Morgan fingerprint density at radius 2 is 1.52 bits per heavy atom. The van der Waals surface area contributed by atoms with Crippen LogP contribution in [0.3, 0.4) is 0 Å². The van der Waals surface area contributed by atoms with Gasteiger partial charge in [-0.3, -0.25) is 0 Å². The molecule has 5 rings (SSSR count). The molecular formula is C19H16N6O2. The Balaban J connectivity index is 0.000000153. The third-order valence-corrected chi connectivity index (χ3v) is 4.06.